The van der Waals surface area contributed by atoms with Gasteiger partial charge in [0.15, 0.2) is 5.82 Å². The molecule has 2 saturated heterocycles. The topological polar surface area (TPSA) is 99.1 Å². The first kappa shape index (κ1) is 15.6. The van der Waals surface area contributed by atoms with Crippen molar-refractivity contribution in [1.82, 2.24) is 20.0 Å². The zero-order valence-electron chi connectivity index (χ0n) is 14.1. The van der Waals surface area contributed by atoms with Crippen molar-refractivity contribution >= 4 is 11.7 Å². The second kappa shape index (κ2) is 5.84. The van der Waals surface area contributed by atoms with E-state index in [1.807, 2.05) is 22.8 Å². The minimum Gasteiger partial charge on any atom is -0.351 e. The Bertz CT molecular complexity index is 864. The predicted octanol–water partition coefficient (Wildman–Crippen LogP) is 1.16. The summed E-state index contributed by atoms with van der Waals surface area (Å²) in [6.07, 6.45) is 0.407. The van der Waals surface area contributed by atoms with E-state index in [9.17, 15) is 10.1 Å². The Morgan fingerprint density at radius 3 is 2.72 bits per heavy atom. The summed E-state index contributed by atoms with van der Waals surface area (Å²) in [5.41, 5.74) is 1.44. The number of hydrogen-bond donors (Lipinski definition) is 0. The van der Waals surface area contributed by atoms with Crippen molar-refractivity contribution in [2.75, 3.05) is 24.5 Å². The van der Waals surface area contributed by atoms with Crippen molar-refractivity contribution < 1.29 is 9.32 Å². The van der Waals surface area contributed by atoms with Crippen LogP contribution in [0.15, 0.2) is 16.7 Å². The van der Waals surface area contributed by atoms with Crippen LogP contribution in [0.1, 0.15) is 35.3 Å². The second-order valence-corrected chi connectivity index (χ2v) is 6.62. The van der Waals surface area contributed by atoms with E-state index in [0.717, 1.165) is 5.69 Å². The maximum Gasteiger partial charge on any atom is 0.232 e. The maximum atomic E-state index is 12.4. The molecule has 0 N–H and O–H groups in total. The van der Waals surface area contributed by atoms with Gasteiger partial charge in [0, 0.05) is 31.7 Å². The third-order valence-corrected chi connectivity index (χ3v) is 4.79. The van der Waals surface area contributed by atoms with Crippen molar-refractivity contribution in [3.05, 3.63) is 35.1 Å². The van der Waals surface area contributed by atoms with Gasteiger partial charge in [-0.25, -0.2) is 4.98 Å². The van der Waals surface area contributed by atoms with Gasteiger partial charge in [0.2, 0.25) is 11.8 Å². The molecule has 1 unspecified atom stereocenters. The molecule has 128 valence electrons. The smallest absolute Gasteiger partial charge is 0.232 e. The third-order valence-electron chi connectivity index (χ3n) is 4.79. The van der Waals surface area contributed by atoms with Crippen LogP contribution in [0.3, 0.4) is 0 Å². The highest BCUT2D eigenvalue weighted by Crippen LogP contribution is 2.32. The lowest BCUT2D eigenvalue weighted by molar-refractivity contribution is -0.130. The number of amides is 1. The molecule has 2 fully saturated rings. The maximum absolute atomic E-state index is 12.4. The van der Waals surface area contributed by atoms with Gasteiger partial charge in [0.05, 0.1) is 17.5 Å². The summed E-state index contributed by atoms with van der Waals surface area (Å²) in [6, 6.07) is 5.94. The Hall–Kier alpha value is -2.95. The number of hydrogen-bond acceptors (Lipinski definition) is 7. The molecule has 2 aromatic heterocycles. The number of carbonyl (C=O) groups is 1. The molecule has 0 spiro atoms. The largest absolute Gasteiger partial charge is 0.351 e. The number of nitriles is 1. The first-order chi connectivity index (χ1) is 12.0. The summed E-state index contributed by atoms with van der Waals surface area (Å²) >= 11 is 0. The molecule has 2 aromatic rings. The van der Waals surface area contributed by atoms with Gasteiger partial charge in [-0.1, -0.05) is 5.16 Å². The molecule has 8 nitrogen and oxygen atoms in total. The van der Waals surface area contributed by atoms with E-state index in [1.54, 1.807) is 13.0 Å². The van der Waals surface area contributed by atoms with Gasteiger partial charge in [-0.05, 0) is 26.0 Å². The summed E-state index contributed by atoms with van der Waals surface area (Å²) in [7, 11) is 0. The molecular formula is C17H18N6O2. The fourth-order valence-electron chi connectivity index (χ4n) is 3.43. The number of nitrogens with zero attached hydrogens (tertiary/aromatic N) is 6. The number of aromatic nitrogens is 3. The number of aryl methyl sites for hydroxylation is 2. The highest BCUT2D eigenvalue weighted by Gasteiger charge is 2.42. The summed E-state index contributed by atoms with van der Waals surface area (Å²) < 4.78 is 5.21. The van der Waals surface area contributed by atoms with E-state index in [1.165, 1.54) is 0 Å². The van der Waals surface area contributed by atoms with Crippen molar-refractivity contribution in [3.63, 3.8) is 0 Å². The first-order valence-corrected chi connectivity index (χ1v) is 8.27. The van der Waals surface area contributed by atoms with Gasteiger partial charge in [0.1, 0.15) is 11.9 Å². The Kier molecular flexibility index (Phi) is 3.64. The molecule has 25 heavy (non-hydrogen) atoms. The van der Waals surface area contributed by atoms with Crippen molar-refractivity contribution in [2.45, 2.75) is 32.2 Å². The van der Waals surface area contributed by atoms with Crippen LogP contribution in [0.25, 0.3) is 0 Å². The number of likely N-dealkylation sites (tertiary alicyclic amines) is 1. The fourth-order valence-corrected chi connectivity index (χ4v) is 3.43. The minimum atomic E-state index is -0.0329. The molecule has 4 heterocycles. The number of pyridine rings is 1. The van der Waals surface area contributed by atoms with Crippen LogP contribution < -0.4 is 4.90 Å². The van der Waals surface area contributed by atoms with E-state index >= 15 is 0 Å². The number of anilines is 1. The number of rotatable bonds is 3. The molecule has 4 rings (SSSR count). The zero-order chi connectivity index (χ0) is 17.6. The van der Waals surface area contributed by atoms with Crippen LogP contribution in [0, 0.1) is 25.2 Å². The summed E-state index contributed by atoms with van der Waals surface area (Å²) in [4.78, 5) is 25.0. The van der Waals surface area contributed by atoms with Gasteiger partial charge in [0.25, 0.3) is 0 Å². The molecule has 2 aliphatic rings. The Balaban J connectivity index is 1.43. The highest BCUT2D eigenvalue weighted by molar-refractivity contribution is 5.80. The predicted molar refractivity (Wildman–Crippen MR) is 87.8 cm³/mol. The van der Waals surface area contributed by atoms with E-state index < -0.39 is 0 Å². The van der Waals surface area contributed by atoms with Crippen LogP contribution in [-0.2, 0) is 4.79 Å². The van der Waals surface area contributed by atoms with Gasteiger partial charge >= 0.3 is 0 Å². The molecule has 1 amide bonds. The Morgan fingerprint density at radius 1 is 1.24 bits per heavy atom. The Labute approximate surface area is 145 Å². The van der Waals surface area contributed by atoms with Gasteiger partial charge in [-0.2, -0.15) is 10.2 Å². The van der Waals surface area contributed by atoms with Crippen LogP contribution in [-0.4, -0.2) is 51.6 Å². The molecule has 0 bridgehead atoms. The zero-order valence-corrected chi connectivity index (χ0v) is 14.1. The first-order valence-electron chi connectivity index (χ1n) is 8.27. The lowest BCUT2D eigenvalue weighted by Crippen LogP contribution is -2.60. The molecular weight excluding hydrogens is 320 g/mol. The van der Waals surface area contributed by atoms with E-state index in [2.05, 4.69) is 21.2 Å². The van der Waals surface area contributed by atoms with Crippen LogP contribution in [0.4, 0.5) is 5.82 Å². The number of carbonyl (C=O) groups excluding carboxylic acids is 1. The van der Waals surface area contributed by atoms with Crippen LogP contribution in [0.5, 0.6) is 0 Å². The van der Waals surface area contributed by atoms with Crippen molar-refractivity contribution in [2.24, 2.45) is 0 Å². The van der Waals surface area contributed by atoms with E-state index in [4.69, 9.17) is 4.52 Å². The fraction of sp³-hybridized carbons (Fsp3) is 0.471. The lowest BCUT2D eigenvalue weighted by Gasteiger charge is -2.45. The molecule has 2 aliphatic heterocycles. The van der Waals surface area contributed by atoms with Crippen LogP contribution in [0.2, 0.25) is 0 Å². The second-order valence-electron chi connectivity index (χ2n) is 6.62. The highest BCUT2D eigenvalue weighted by atomic mass is 16.5. The molecule has 1 atom stereocenters. The molecule has 0 aliphatic carbocycles. The standard InChI is InChI=1S/C17H18N6O2/c1-10-3-4-12(6-18)16(19-10)22-8-14(9-22)23-7-13(5-15(23)24)17-20-11(2)21-25-17/h3-4,13-14H,5,7-9H2,1-2H3. The SMILES string of the molecule is Cc1ccc(C#N)c(N2CC(N3CC(c4nc(C)no4)CC3=O)C2)n1. The van der Waals surface area contributed by atoms with E-state index in [0.29, 0.717) is 49.2 Å². The summed E-state index contributed by atoms with van der Waals surface area (Å²) in [5.74, 6) is 1.91. The monoisotopic (exact) mass is 338 g/mol. The van der Waals surface area contributed by atoms with E-state index in [-0.39, 0.29) is 17.9 Å². The van der Waals surface area contributed by atoms with Gasteiger partial charge in [-0.3, -0.25) is 4.79 Å². The van der Waals surface area contributed by atoms with Gasteiger partial charge in [-0.15, -0.1) is 0 Å². The minimum absolute atomic E-state index is 0.0329. The average Bonchev–Trinajstić information content (AvgIpc) is 3.13. The molecule has 0 radical (unpaired) electrons. The average molecular weight is 338 g/mol. The molecule has 0 aromatic carbocycles. The third kappa shape index (κ3) is 2.71. The molecule has 0 saturated carbocycles. The summed E-state index contributed by atoms with van der Waals surface area (Å²) in [5, 5.41) is 13.1. The van der Waals surface area contributed by atoms with Crippen LogP contribution >= 0.6 is 0 Å². The van der Waals surface area contributed by atoms with Crippen molar-refractivity contribution in [3.8, 4) is 6.07 Å². The van der Waals surface area contributed by atoms with Crippen molar-refractivity contribution in [1.29, 1.82) is 5.26 Å². The Morgan fingerprint density at radius 2 is 2.04 bits per heavy atom. The summed E-state index contributed by atoms with van der Waals surface area (Å²) in [6.45, 7) is 5.65. The molecule has 8 heteroatoms. The van der Waals surface area contributed by atoms with Gasteiger partial charge < -0.3 is 14.3 Å². The quantitative estimate of drug-likeness (QED) is 0.828. The lowest BCUT2D eigenvalue weighted by atomic mass is 10.1. The normalized spacial score (nSPS) is 20.7.